The van der Waals surface area contributed by atoms with Crippen molar-refractivity contribution in [1.29, 1.82) is 0 Å². The van der Waals surface area contributed by atoms with Crippen LogP contribution < -0.4 is 5.32 Å². The lowest BCUT2D eigenvalue weighted by Gasteiger charge is -2.13. The van der Waals surface area contributed by atoms with Crippen molar-refractivity contribution >= 4 is 0 Å². The first-order chi connectivity index (χ1) is 7.72. The predicted octanol–water partition coefficient (Wildman–Crippen LogP) is 2.38. The third-order valence-electron chi connectivity index (χ3n) is 2.47. The lowest BCUT2D eigenvalue weighted by molar-refractivity contribution is 0.193. The highest BCUT2D eigenvalue weighted by Gasteiger charge is 2.02. The molecule has 0 saturated carbocycles. The van der Waals surface area contributed by atoms with Crippen molar-refractivity contribution in [3.63, 3.8) is 0 Å². The zero-order valence-electron chi connectivity index (χ0n) is 10.0. The number of methoxy groups -OCH3 is 1. The Kier molecular flexibility index (Phi) is 6.04. The number of hydrogen-bond acceptors (Lipinski definition) is 2. The van der Waals surface area contributed by atoms with Crippen molar-refractivity contribution in [2.24, 2.45) is 0 Å². The molecule has 1 aromatic carbocycles. The van der Waals surface area contributed by atoms with Gasteiger partial charge in [0, 0.05) is 19.8 Å². The third-order valence-corrected chi connectivity index (χ3v) is 2.47. The first-order valence-corrected chi connectivity index (χ1v) is 5.69. The Hall–Kier alpha value is -0.930. The number of rotatable bonds is 7. The minimum atomic E-state index is -0.176. The highest BCUT2D eigenvalue weighted by atomic mass is 19.1. The van der Waals surface area contributed by atoms with Gasteiger partial charge in [-0.05, 0) is 44.0 Å². The molecular formula is C13H20FNO. The fourth-order valence-corrected chi connectivity index (χ4v) is 1.61. The maximum absolute atomic E-state index is 12.7. The highest BCUT2D eigenvalue weighted by molar-refractivity contribution is 5.16. The van der Waals surface area contributed by atoms with Gasteiger partial charge in [-0.1, -0.05) is 12.1 Å². The van der Waals surface area contributed by atoms with Crippen molar-refractivity contribution in [2.75, 3.05) is 20.3 Å². The Labute approximate surface area is 96.8 Å². The van der Waals surface area contributed by atoms with Crippen LogP contribution in [-0.2, 0) is 11.2 Å². The van der Waals surface area contributed by atoms with E-state index in [1.54, 1.807) is 7.11 Å². The summed E-state index contributed by atoms with van der Waals surface area (Å²) in [6, 6.07) is 7.09. The maximum Gasteiger partial charge on any atom is 0.123 e. The fraction of sp³-hybridized carbons (Fsp3) is 0.538. The zero-order valence-corrected chi connectivity index (χ0v) is 10.0. The van der Waals surface area contributed by atoms with Crippen molar-refractivity contribution < 1.29 is 9.13 Å². The smallest absolute Gasteiger partial charge is 0.123 e. The molecule has 0 aromatic heterocycles. The predicted molar refractivity (Wildman–Crippen MR) is 64.1 cm³/mol. The summed E-state index contributed by atoms with van der Waals surface area (Å²) in [6.45, 7) is 3.88. The Balaban J connectivity index is 2.23. The largest absolute Gasteiger partial charge is 0.385 e. The quantitative estimate of drug-likeness (QED) is 0.719. The number of halogens is 1. The van der Waals surface area contributed by atoms with Crippen LogP contribution in [0.4, 0.5) is 4.39 Å². The molecule has 1 rings (SSSR count). The number of nitrogens with one attached hydrogen (secondary N) is 1. The van der Waals surface area contributed by atoms with Crippen LogP contribution in [0, 0.1) is 5.82 Å². The Morgan fingerprint density at radius 3 is 2.62 bits per heavy atom. The van der Waals surface area contributed by atoms with Gasteiger partial charge in [0.25, 0.3) is 0 Å². The molecule has 0 bridgehead atoms. The van der Waals surface area contributed by atoms with E-state index in [-0.39, 0.29) is 5.82 Å². The lowest BCUT2D eigenvalue weighted by atomic mass is 10.1. The van der Waals surface area contributed by atoms with Crippen LogP contribution >= 0.6 is 0 Å². The van der Waals surface area contributed by atoms with Gasteiger partial charge in [0.05, 0.1) is 0 Å². The molecular weight excluding hydrogens is 205 g/mol. The lowest BCUT2D eigenvalue weighted by Crippen LogP contribution is -2.29. The molecule has 0 unspecified atom stereocenters. The minimum Gasteiger partial charge on any atom is -0.385 e. The van der Waals surface area contributed by atoms with Crippen LogP contribution in [0.1, 0.15) is 18.9 Å². The van der Waals surface area contributed by atoms with Crippen LogP contribution in [0.25, 0.3) is 0 Å². The fourth-order valence-electron chi connectivity index (χ4n) is 1.61. The minimum absolute atomic E-state index is 0.176. The maximum atomic E-state index is 12.7. The van der Waals surface area contributed by atoms with Crippen molar-refractivity contribution in [3.8, 4) is 0 Å². The summed E-state index contributed by atoms with van der Waals surface area (Å²) >= 11 is 0. The summed E-state index contributed by atoms with van der Waals surface area (Å²) in [4.78, 5) is 0. The van der Waals surface area contributed by atoms with Gasteiger partial charge in [0.15, 0.2) is 0 Å². The average Bonchev–Trinajstić information content (AvgIpc) is 2.28. The molecule has 0 aliphatic carbocycles. The summed E-state index contributed by atoms with van der Waals surface area (Å²) in [5.74, 6) is -0.176. The normalized spacial score (nSPS) is 12.7. The molecule has 0 fully saturated rings. The van der Waals surface area contributed by atoms with Gasteiger partial charge < -0.3 is 10.1 Å². The van der Waals surface area contributed by atoms with E-state index in [4.69, 9.17) is 4.74 Å². The molecule has 0 amide bonds. The second-order valence-corrected chi connectivity index (χ2v) is 4.03. The number of hydrogen-bond donors (Lipinski definition) is 1. The third kappa shape index (κ3) is 5.24. The van der Waals surface area contributed by atoms with Crippen molar-refractivity contribution in [3.05, 3.63) is 35.6 Å². The number of ether oxygens (including phenoxy) is 1. The van der Waals surface area contributed by atoms with Gasteiger partial charge >= 0.3 is 0 Å². The van der Waals surface area contributed by atoms with Gasteiger partial charge in [-0.2, -0.15) is 0 Å². The first kappa shape index (κ1) is 13.1. The van der Waals surface area contributed by atoms with E-state index in [0.29, 0.717) is 6.04 Å². The molecule has 1 N–H and O–H groups in total. The van der Waals surface area contributed by atoms with Gasteiger partial charge in [-0.25, -0.2) is 4.39 Å². The van der Waals surface area contributed by atoms with E-state index < -0.39 is 0 Å². The summed E-state index contributed by atoms with van der Waals surface area (Å²) in [5.41, 5.74) is 1.16. The summed E-state index contributed by atoms with van der Waals surface area (Å²) in [7, 11) is 1.71. The van der Waals surface area contributed by atoms with Gasteiger partial charge in [-0.3, -0.25) is 0 Å². The van der Waals surface area contributed by atoms with Crippen LogP contribution in [0.3, 0.4) is 0 Å². The van der Waals surface area contributed by atoms with Gasteiger partial charge in [-0.15, -0.1) is 0 Å². The van der Waals surface area contributed by atoms with E-state index >= 15 is 0 Å². The van der Waals surface area contributed by atoms with Crippen LogP contribution in [0.5, 0.6) is 0 Å². The standard InChI is InChI=1S/C13H20FNO/c1-11(15-8-3-9-16-2)10-12-4-6-13(14)7-5-12/h4-7,11,15H,3,8-10H2,1-2H3/t11-/m0/s1. The van der Waals surface area contributed by atoms with E-state index in [9.17, 15) is 4.39 Å². The van der Waals surface area contributed by atoms with E-state index in [2.05, 4.69) is 12.2 Å². The van der Waals surface area contributed by atoms with E-state index in [1.807, 2.05) is 12.1 Å². The summed E-state index contributed by atoms with van der Waals surface area (Å²) < 4.78 is 17.7. The molecule has 90 valence electrons. The second-order valence-electron chi connectivity index (χ2n) is 4.03. The number of benzene rings is 1. The highest BCUT2D eigenvalue weighted by Crippen LogP contribution is 2.05. The molecule has 0 spiro atoms. The van der Waals surface area contributed by atoms with Crippen molar-refractivity contribution in [1.82, 2.24) is 5.32 Å². The molecule has 2 nitrogen and oxygen atoms in total. The van der Waals surface area contributed by atoms with E-state index in [0.717, 1.165) is 31.6 Å². The summed E-state index contributed by atoms with van der Waals surface area (Å²) in [6.07, 6.45) is 1.94. The van der Waals surface area contributed by atoms with Crippen molar-refractivity contribution in [2.45, 2.75) is 25.8 Å². The molecule has 1 atom stereocenters. The Morgan fingerprint density at radius 1 is 1.31 bits per heavy atom. The monoisotopic (exact) mass is 225 g/mol. The second kappa shape index (κ2) is 7.36. The molecule has 1 aromatic rings. The van der Waals surface area contributed by atoms with Gasteiger partial charge in [0.1, 0.15) is 5.82 Å². The SMILES string of the molecule is COCCCN[C@@H](C)Cc1ccc(F)cc1. The molecule has 0 radical (unpaired) electrons. The van der Waals surface area contributed by atoms with Gasteiger partial charge in [0.2, 0.25) is 0 Å². The zero-order chi connectivity index (χ0) is 11.8. The molecule has 3 heteroatoms. The van der Waals surface area contributed by atoms with Crippen LogP contribution in [0.2, 0.25) is 0 Å². The van der Waals surface area contributed by atoms with E-state index in [1.165, 1.54) is 12.1 Å². The average molecular weight is 225 g/mol. The van der Waals surface area contributed by atoms with Crippen LogP contribution in [-0.4, -0.2) is 26.3 Å². The molecule has 16 heavy (non-hydrogen) atoms. The molecule has 0 aliphatic rings. The van der Waals surface area contributed by atoms with Crippen LogP contribution in [0.15, 0.2) is 24.3 Å². The first-order valence-electron chi connectivity index (χ1n) is 5.69. The topological polar surface area (TPSA) is 21.3 Å². The Morgan fingerprint density at radius 2 is 2.00 bits per heavy atom. The summed E-state index contributed by atoms with van der Waals surface area (Å²) in [5, 5.41) is 3.41. The molecule has 0 heterocycles. The Bertz CT molecular complexity index is 286. The molecule has 0 aliphatic heterocycles. The molecule has 0 saturated heterocycles.